The average molecular weight is 352 g/mol. The van der Waals surface area contributed by atoms with E-state index in [1.807, 2.05) is 0 Å². The fourth-order valence-electron chi connectivity index (χ4n) is 3.89. The second-order valence-electron chi connectivity index (χ2n) is 6.84. The first-order valence-corrected chi connectivity index (χ1v) is 8.71. The van der Waals surface area contributed by atoms with Gasteiger partial charge >= 0.3 is 6.18 Å². The van der Waals surface area contributed by atoms with Gasteiger partial charge in [0.25, 0.3) is 5.91 Å². The smallest absolute Gasteiger partial charge is 0.337 e. The molecule has 0 aromatic heterocycles. The molecule has 0 N–H and O–H groups in total. The molecular weight excluding hydrogens is 329 g/mol. The molecule has 1 aliphatic carbocycles. The third kappa shape index (κ3) is 3.89. The van der Waals surface area contributed by atoms with Crippen LogP contribution in [0.5, 0.6) is 0 Å². The summed E-state index contributed by atoms with van der Waals surface area (Å²) in [7, 11) is 1.77. The van der Waals surface area contributed by atoms with Gasteiger partial charge in [-0.05, 0) is 37.1 Å². The zero-order valence-electron chi connectivity index (χ0n) is 14.3. The van der Waals surface area contributed by atoms with E-state index >= 15 is 0 Å². The summed E-state index contributed by atoms with van der Waals surface area (Å²) in [4.78, 5) is 16.9. The maximum Gasteiger partial charge on any atom is 0.416 e. The highest BCUT2D eigenvalue weighted by Crippen LogP contribution is 2.31. The highest BCUT2D eigenvalue weighted by atomic mass is 19.4. The minimum Gasteiger partial charge on any atom is -0.337 e. The molecular formula is C19H23F3N2O. The number of alkyl halides is 3. The van der Waals surface area contributed by atoms with E-state index in [4.69, 9.17) is 0 Å². The van der Waals surface area contributed by atoms with Gasteiger partial charge in [0.15, 0.2) is 0 Å². The van der Waals surface area contributed by atoms with Crippen LogP contribution in [0.25, 0.3) is 0 Å². The molecule has 0 radical (unpaired) electrons. The molecule has 2 atom stereocenters. The highest BCUT2D eigenvalue weighted by molar-refractivity contribution is 5.94. The van der Waals surface area contributed by atoms with Crippen LogP contribution < -0.4 is 0 Å². The van der Waals surface area contributed by atoms with Gasteiger partial charge in [-0.3, -0.25) is 9.69 Å². The second kappa shape index (κ2) is 7.20. The third-order valence-corrected chi connectivity index (χ3v) is 5.29. The molecule has 0 spiro atoms. The normalized spacial score (nSPS) is 24.5. The summed E-state index contributed by atoms with van der Waals surface area (Å²) < 4.78 is 38.1. The van der Waals surface area contributed by atoms with Gasteiger partial charge in [-0.2, -0.15) is 13.2 Å². The van der Waals surface area contributed by atoms with Crippen molar-refractivity contribution >= 4 is 5.91 Å². The van der Waals surface area contributed by atoms with E-state index in [0.29, 0.717) is 11.6 Å². The molecule has 2 unspecified atom stereocenters. The van der Waals surface area contributed by atoms with Crippen molar-refractivity contribution in [3.63, 3.8) is 0 Å². The molecule has 3 rings (SSSR count). The average Bonchev–Trinajstić information content (AvgIpc) is 3.14. The minimum absolute atomic E-state index is 0.100. The summed E-state index contributed by atoms with van der Waals surface area (Å²) in [6.07, 6.45) is 4.12. The van der Waals surface area contributed by atoms with Gasteiger partial charge < -0.3 is 4.90 Å². The zero-order valence-corrected chi connectivity index (χ0v) is 14.3. The van der Waals surface area contributed by atoms with Gasteiger partial charge in [0.1, 0.15) is 0 Å². The van der Waals surface area contributed by atoms with Gasteiger partial charge in [-0.15, -0.1) is 0 Å². The van der Waals surface area contributed by atoms with Crippen molar-refractivity contribution in [3.05, 3.63) is 47.5 Å². The van der Waals surface area contributed by atoms with E-state index in [9.17, 15) is 18.0 Å². The Morgan fingerprint density at radius 1 is 1.08 bits per heavy atom. The van der Waals surface area contributed by atoms with Crippen LogP contribution in [-0.2, 0) is 6.18 Å². The lowest BCUT2D eigenvalue weighted by molar-refractivity contribution is -0.137. The number of amides is 1. The Hall–Kier alpha value is -1.82. The number of nitrogens with zero attached hydrogens (tertiary/aromatic N) is 2. The number of likely N-dealkylation sites (N-methyl/N-ethyl adjacent to an activating group) is 1. The van der Waals surface area contributed by atoms with Crippen LogP contribution in [0.2, 0.25) is 0 Å². The van der Waals surface area contributed by atoms with Crippen LogP contribution in [0.1, 0.15) is 41.6 Å². The van der Waals surface area contributed by atoms with Crippen molar-refractivity contribution in [2.75, 3.05) is 20.1 Å². The van der Waals surface area contributed by atoms with Crippen molar-refractivity contribution in [1.82, 2.24) is 9.80 Å². The first kappa shape index (κ1) is 18.0. The number of hydrogen-bond donors (Lipinski definition) is 0. The lowest BCUT2D eigenvalue weighted by Gasteiger charge is -2.42. The fourth-order valence-corrected chi connectivity index (χ4v) is 3.89. The Kier molecular flexibility index (Phi) is 5.18. The summed E-state index contributed by atoms with van der Waals surface area (Å²) in [6, 6.07) is 4.91. The molecule has 136 valence electrons. The van der Waals surface area contributed by atoms with E-state index in [1.165, 1.54) is 12.1 Å². The monoisotopic (exact) mass is 352 g/mol. The van der Waals surface area contributed by atoms with E-state index in [-0.39, 0.29) is 11.9 Å². The van der Waals surface area contributed by atoms with Crippen LogP contribution in [0.4, 0.5) is 13.2 Å². The number of hydrogen-bond acceptors (Lipinski definition) is 2. The van der Waals surface area contributed by atoms with Crippen LogP contribution in [0.15, 0.2) is 36.4 Å². The molecule has 1 heterocycles. The number of rotatable bonds is 3. The van der Waals surface area contributed by atoms with Gasteiger partial charge in [0.2, 0.25) is 0 Å². The molecule has 1 amide bonds. The second-order valence-corrected chi connectivity index (χ2v) is 6.84. The van der Waals surface area contributed by atoms with Crippen LogP contribution in [0, 0.1) is 0 Å². The Morgan fingerprint density at radius 2 is 1.68 bits per heavy atom. The molecule has 1 fully saturated rings. The van der Waals surface area contributed by atoms with Crippen LogP contribution in [-0.4, -0.2) is 47.9 Å². The molecule has 25 heavy (non-hydrogen) atoms. The Bertz CT molecular complexity index is 631. The van der Waals surface area contributed by atoms with Crippen molar-refractivity contribution in [2.24, 2.45) is 0 Å². The van der Waals surface area contributed by atoms with Crippen LogP contribution in [0.3, 0.4) is 0 Å². The summed E-state index contributed by atoms with van der Waals surface area (Å²) in [5, 5.41) is 0. The lowest BCUT2D eigenvalue weighted by atomic mass is 9.88. The zero-order chi connectivity index (χ0) is 18.0. The summed E-state index contributed by atoms with van der Waals surface area (Å²) >= 11 is 0. The molecule has 1 aliphatic heterocycles. The topological polar surface area (TPSA) is 23.6 Å². The molecule has 1 aromatic rings. The largest absolute Gasteiger partial charge is 0.416 e. The van der Waals surface area contributed by atoms with Crippen molar-refractivity contribution in [3.8, 4) is 0 Å². The van der Waals surface area contributed by atoms with Gasteiger partial charge in [0, 0.05) is 37.8 Å². The van der Waals surface area contributed by atoms with E-state index < -0.39 is 11.7 Å². The summed E-state index contributed by atoms with van der Waals surface area (Å²) in [5.41, 5.74) is -0.426. The standard InChI is InChI=1S/C19H23F3N2O/c1-23(16-6-2-3-7-17(16)24-12-4-5-13-24)18(25)14-8-10-15(11-9-14)19(20,21)22/h4-5,8-11,16-17H,2-3,6-7,12-13H2,1H3. The molecule has 1 aromatic carbocycles. The first-order chi connectivity index (χ1) is 11.9. The quantitative estimate of drug-likeness (QED) is 0.769. The Labute approximate surface area is 146 Å². The number of benzene rings is 1. The van der Waals surface area contributed by atoms with Gasteiger partial charge in [-0.25, -0.2) is 0 Å². The van der Waals surface area contributed by atoms with Crippen LogP contribution >= 0.6 is 0 Å². The number of carbonyl (C=O) groups excluding carboxylic acids is 1. The minimum atomic E-state index is -4.38. The maximum absolute atomic E-state index is 12.8. The molecule has 3 nitrogen and oxygen atoms in total. The molecule has 2 aliphatic rings. The highest BCUT2D eigenvalue weighted by Gasteiger charge is 2.35. The summed E-state index contributed by atoms with van der Waals surface area (Å²) in [5.74, 6) is -0.210. The van der Waals surface area contributed by atoms with Gasteiger partial charge in [0.05, 0.1) is 5.56 Å². The molecule has 0 saturated heterocycles. The lowest BCUT2D eigenvalue weighted by Crippen LogP contribution is -2.53. The SMILES string of the molecule is CN(C(=O)c1ccc(C(F)(F)F)cc1)C1CCCCC1N1CC=CC1. The van der Waals surface area contributed by atoms with E-state index in [0.717, 1.165) is 50.9 Å². The predicted octanol–water partition coefficient (Wildman–Crippen LogP) is 3.96. The molecule has 1 saturated carbocycles. The van der Waals surface area contributed by atoms with Crippen molar-refractivity contribution in [2.45, 2.75) is 43.9 Å². The maximum atomic E-state index is 12.8. The Balaban J connectivity index is 1.74. The van der Waals surface area contributed by atoms with Gasteiger partial charge in [-0.1, -0.05) is 25.0 Å². The Morgan fingerprint density at radius 3 is 2.28 bits per heavy atom. The predicted molar refractivity (Wildman–Crippen MR) is 90.3 cm³/mol. The summed E-state index contributed by atoms with van der Waals surface area (Å²) in [6.45, 7) is 1.81. The number of carbonyl (C=O) groups is 1. The van der Waals surface area contributed by atoms with Crippen molar-refractivity contribution in [1.29, 1.82) is 0 Å². The molecule has 0 bridgehead atoms. The van der Waals surface area contributed by atoms with E-state index in [1.54, 1.807) is 11.9 Å². The fraction of sp³-hybridized carbons (Fsp3) is 0.526. The number of halogens is 3. The van der Waals surface area contributed by atoms with E-state index in [2.05, 4.69) is 17.1 Å². The van der Waals surface area contributed by atoms with Crippen molar-refractivity contribution < 1.29 is 18.0 Å². The molecule has 6 heteroatoms. The third-order valence-electron chi connectivity index (χ3n) is 5.29. The first-order valence-electron chi connectivity index (χ1n) is 8.71.